The van der Waals surface area contributed by atoms with Crippen molar-refractivity contribution in [3.8, 4) is 16.9 Å². The number of phenolic OH excluding ortho intramolecular Hbond substituents is 1. The first kappa shape index (κ1) is 23.0. The van der Waals surface area contributed by atoms with Crippen molar-refractivity contribution in [1.82, 2.24) is 14.9 Å². The van der Waals surface area contributed by atoms with Crippen LogP contribution in [0, 0.1) is 5.82 Å². The zero-order valence-corrected chi connectivity index (χ0v) is 19.5. The number of aliphatic hydroxyl groups excluding tert-OH is 1. The molecule has 0 atom stereocenters. The van der Waals surface area contributed by atoms with Crippen LogP contribution in [0.2, 0.25) is 5.02 Å². The van der Waals surface area contributed by atoms with E-state index in [0.29, 0.717) is 42.9 Å². The lowest BCUT2D eigenvalue weighted by molar-refractivity contribution is -0.127. The SMILES string of the molecule is C=C(CO)C(=O)N1CCN(c2ncnc3c(F)c(-c4cc(O)cc5ccccc45)c(Cl)cc23)CC1. The summed E-state index contributed by atoms with van der Waals surface area (Å²) in [6.45, 7) is 4.96. The van der Waals surface area contributed by atoms with Gasteiger partial charge in [0.15, 0.2) is 5.82 Å². The van der Waals surface area contributed by atoms with Crippen LogP contribution in [0.25, 0.3) is 32.8 Å². The maximum absolute atomic E-state index is 16.0. The van der Waals surface area contributed by atoms with Crippen molar-refractivity contribution < 1.29 is 19.4 Å². The number of aromatic hydroxyl groups is 1. The van der Waals surface area contributed by atoms with Crippen LogP contribution in [0.15, 0.2) is 60.9 Å². The van der Waals surface area contributed by atoms with Gasteiger partial charge in [-0.05, 0) is 34.5 Å². The molecule has 1 amide bonds. The molecule has 0 saturated carbocycles. The number of benzene rings is 3. The van der Waals surface area contributed by atoms with Crippen molar-refractivity contribution in [3.63, 3.8) is 0 Å². The van der Waals surface area contributed by atoms with Gasteiger partial charge in [0.25, 0.3) is 5.91 Å². The number of hydrogen-bond donors (Lipinski definition) is 2. The number of aromatic nitrogens is 2. The third kappa shape index (κ3) is 4.05. The van der Waals surface area contributed by atoms with Crippen LogP contribution in [0.5, 0.6) is 5.75 Å². The van der Waals surface area contributed by atoms with Gasteiger partial charge < -0.3 is 20.0 Å². The molecule has 0 bridgehead atoms. The van der Waals surface area contributed by atoms with Crippen molar-refractivity contribution in [2.24, 2.45) is 0 Å². The van der Waals surface area contributed by atoms with Gasteiger partial charge in [0, 0.05) is 42.7 Å². The van der Waals surface area contributed by atoms with Crippen LogP contribution in [0.3, 0.4) is 0 Å². The van der Waals surface area contributed by atoms with E-state index in [1.165, 1.54) is 12.4 Å². The van der Waals surface area contributed by atoms with Gasteiger partial charge in [-0.15, -0.1) is 0 Å². The highest BCUT2D eigenvalue weighted by atomic mass is 35.5. The second-order valence-electron chi connectivity index (χ2n) is 8.40. The fraction of sp³-hybridized carbons (Fsp3) is 0.192. The quantitative estimate of drug-likeness (QED) is 0.416. The number of piperazine rings is 1. The number of amides is 1. The molecule has 2 heterocycles. The van der Waals surface area contributed by atoms with Gasteiger partial charge >= 0.3 is 0 Å². The molecule has 0 spiro atoms. The minimum atomic E-state index is -0.597. The number of aliphatic hydroxyl groups is 1. The fourth-order valence-electron chi connectivity index (χ4n) is 4.53. The minimum Gasteiger partial charge on any atom is -0.508 e. The highest BCUT2D eigenvalue weighted by Gasteiger charge is 2.26. The Kier molecular flexibility index (Phi) is 6.00. The van der Waals surface area contributed by atoms with E-state index in [4.69, 9.17) is 11.6 Å². The van der Waals surface area contributed by atoms with Gasteiger partial charge in [0.1, 0.15) is 23.4 Å². The van der Waals surface area contributed by atoms with Gasteiger partial charge in [-0.2, -0.15) is 0 Å². The largest absolute Gasteiger partial charge is 0.508 e. The first-order chi connectivity index (χ1) is 16.9. The average molecular weight is 493 g/mol. The van der Waals surface area contributed by atoms with Crippen molar-refractivity contribution in [2.75, 3.05) is 37.7 Å². The highest BCUT2D eigenvalue weighted by Crippen LogP contribution is 2.41. The molecule has 1 aliphatic heterocycles. The third-order valence-electron chi connectivity index (χ3n) is 6.28. The first-order valence-corrected chi connectivity index (χ1v) is 11.4. The molecule has 1 aliphatic rings. The zero-order valence-electron chi connectivity index (χ0n) is 18.7. The number of nitrogens with zero attached hydrogens (tertiary/aromatic N) is 4. The Hall–Kier alpha value is -3.75. The number of carbonyl (C=O) groups is 1. The van der Waals surface area contributed by atoms with E-state index >= 15 is 4.39 Å². The summed E-state index contributed by atoms with van der Waals surface area (Å²) in [6, 6.07) is 12.1. The molecule has 1 saturated heterocycles. The normalized spacial score (nSPS) is 14.0. The lowest BCUT2D eigenvalue weighted by Gasteiger charge is -2.36. The summed E-state index contributed by atoms with van der Waals surface area (Å²) in [5.74, 6) is -0.345. The summed E-state index contributed by atoms with van der Waals surface area (Å²) >= 11 is 6.64. The van der Waals surface area contributed by atoms with Crippen LogP contribution in [0.4, 0.5) is 10.2 Å². The Bertz CT molecular complexity index is 1480. The molecular weight excluding hydrogens is 471 g/mol. The molecule has 178 valence electrons. The lowest BCUT2D eigenvalue weighted by Crippen LogP contribution is -2.49. The average Bonchev–Trinajstić information content (AvgIpc) is 2.87. The number of halogens is 2. The molecule has 2 N–H and O–H groups in total. The Morgan fingerprint density at radius 3 is 2.57 bits per heavy atom. The fourth-order valence-corrected chi connectivity index (χ4v) is 4.82. The smallest absolute Gasteiger partial charge is 0.251 e. The van der Waals surface area contributed by atoms with Crippen LogP contribution in [0.1, 0.15) is 0 Å². The van der Waals surface area contributed by atoms with E-state index < -0.39 is 5.82 Å². The topological polar surface area (TPSA) is 89.8 Å². The van der Waals surface area contributed by atoms with Gasteiger partial charge in [-0.1, -0.05) is 42.4 Å². The molecule has 0 aliphatic carbocycles. The molecule has 7 nitrogen and oxygen atoms in total. The molecule has 9 heteroatoms. The Labute approximate surface area is 205 Å². The predicted molar refractivity (Wildman–Crippen MR) is 134 cm³/mol. The van der Waals surface area contributed by atoms with Gasteiger partial charge in [-0.25, -0.2) is 14.4 Å². The molecule has 1 fully saturated rings. The molecule has 3 aromatic carbocycles. The standard InChI is InChI=1S/C26H22ClFN4O3/c1-15(13-33)26(35)32-8-6-31(7-9-32)25-20-12-21(27)22(23(28)24(20)29-14-30-25)19-11-17(34)10-16-4-2-3-5-18(16)19/h2-5,10-12,14,33-34H,1,6-9,13H2. The van der Waals surface area contributed by atoms with Crippen LogP contribution in [-0.2, 0) is 4.79 Å². The van der Waals surface area contributed by atoms with E-state index in [2.05, 4.69) is 16.5 Å². The number of fused-ring (bicyclic) bond motifs is 2. The molecule has 1 aromatic heterocycles. The summed E-state index contributed by atoms with van der Waals surface area (Å²) in [4.78, 5) is 24.5. The second-order valence-corrected chi connectivity index (χ2v) is 8.80. The molecule has 5 rings (SSSR count). The summed E-state index contributed by atoms with van der Waals surface area (Å²) in [6.07, 6.45) is 1.31. The van der Waals surface area contributed by atoms with E-state index in [9.17, 15) is 15.0 Å². The molecule has 4 aromatic rings. The molecule has 35 heavy (non-hydrogen) atoms. The second kappa shape index (κ2) is 9.13. The van der Waals surface area contributed by atoms with Crippen molar-refractivity contribution in [2.45, 2.75) is 0 Å². The highest BCUT2D eigenvalue weighted by molar-refractivity contribution is 6.35. The van der Waals surface area contributed by atoms with Crippen LogP contribution in [-0.4, -0.2) is 63.8 Å². The van der Waals surface area contributed by atoms with Crippen molar-refractivity contribution in [3.05, 3.63) is 71.8 Å². The van der Waals surface area contributed by atoms with E-state index in [-0.39, 0.29) is 39.9 Å². The molecule has 0 radical (unpaired) electrons. The number of carbonyl (C=O) groups excluding carboxylic acids is 1. The van der Waals surface area contributed by atoms with Crippen LogP contribution >= 0.6 is 11.6 Å². The maximum atomic E-state index is 16.0. The van der Waals surface area contributed by atoms with Gasteiger partial charge in [0.05, 0.1) is 11.6 Å². The predicted octanol–water partition coefficient (Wildman–Crippen LogP) is 4.15. The van der Waals surface area contributed by atoms with Crippen molar-refractivity contribution in [1.29, 1.82) is 0 Å². The first-order valence-electron chi connectivity index (χ1n) is 11.1. The van der Waals surface area contributed by atoms with E-state index in [1.54, 1.807) is 17.0 Å². The van der Waals surface area contributed by atoms with Crippen LogP contribution < -0.4 is 4.90 Å². The Balaban J connectivity index is 1.56. The van der Waals surface area contributed by atoms with Gasteiger partial charge in [0.2, 0.25) is 0 Å². The number of hydrogen-bond acceptors (Lipinski definition) is 6. The molecule has 0 unspecified atom stereocenters. The summed E-state index contributed by atoms with van der Waals surface area (Å²) in [5, 5.41) is 21.6. The van der Waals surface area contributed by atoms with Crippen molar-refractivity contribution >= 4 is 45.0 Å². The lowest BCUT2D eigenvalue weighted by atomic mass is 9.96. The number of rotatable bonds is 4. The molecular formula is C26H22ClFN4O3. The number of anilines is 1. The minimum absolute atomic E-state index is 0.00828. The summed E-state index contributed by atoms with van der Waals surface area (Å²) in [5.41, 5.74) is 0.899. The maximum Gasteiger partial charge on any atom is 0.251 e. The van der Waals surface area contributed by atoms with E-state index in [0.717, 1.165) is 10.8 Å². The third-order valence-corrected chi connectivity index (χ3v) is 6.57. The van der Waals surface area contributed by atoms with Gasteiger partial charge in [-0.3, -0.25) is 4.79 Å². The van der Waals surface area contributed by atoms with E-state index in [1.807, 2.05) is 29.2 Å². The number of phenols is 1. The Morgan fingerprint density at radius 1 is 1.09 bits per heavy atom. The summed E-state index contributed by atoms with van der Waals surface area (Å²) in [7, 11) is 0. The zero-order chi connectivity index (χ0) is 24.7. The monoisotopic (exact) mass is 492 g/mol. The summed E-state index contributed by atoms with van der Waals surface area (Å²) < 4.78 is 16.0. The Morgan fingerprint density at radius 2 is 1.83 bits per heavy atom.